The molecule has 0 bridgehead atoms. The lowest BCUT2D eigenvalue weighted by molar-refractivity contribution is -0.137. The first kappa shape index (κ1) is 18.5. The quantitative estimate of drug-likeness (QED) is 0.708. The van der Waals surface area contributed by atoms with Gasteiger partial charge in [-0.1, -0.05) is 0 Å². The molecular formula is C18H19F3N6O. The Labute approximate surface area is 158 Å². The van der Waals surface area contributed by atoms with E-state index in [2.05, 4.69) is 25.7 Å². The molecule has 148 valence electrons. The highest BCUT2D eigenvalue weighted by atomic mass is 19.4. The zero-order valence-electron chi connectivity index (χ0n) is 15.1. The van der Waals surface area contributed by atoms with Crippen LogP contribution < -0.4 is 15.4 Å². The van der Waals surface area contributed by atoms with E-state index < -0.39 is 11.7 Å². The molecule has 3 aromatic rings. The van der Waals surface area contributed by atoms with Crippen molar-refractivity contribution in [2.45, 2.75) is 25.1 Å². The number of nitrogens with zero attached hydrogens (tertiary/aromatic N) is 4. The van der Waals surface area contributed by atoms with Gasteiger partial charge in [-0.25, -0.2) is 14.6 Å². The molecule has 1 aliphatic rings. The average Bonchev–Trinajstić information content (AvgIpc) is 3.13. The molecule has 3 heterocycles. The Kier molecular flexibility index (Phi) is 4.80. The number of methoxy groups -OCH3 is 1. The van der Waals surface area contributed by atoms with Gasteiger partial charge in [-0.15, -0.1) is 0 Å². The third-order valence-corrected chi connectivity index (χ3v) is 4.78. The van der Waals surface area contributed by atoms with Gasteiger partial charge >= 0.3 is 6.18 Å². The van der Waals surface area contributed by atoms with Crippen LogP contribution in [0.1, 0.15) is 24.4 Å². The van der Waals surface area contributed by atoms with Crippen molar-refractivity contribution in [2.75, 3.05) is 25.5 Å². The molecule has 1 aromatic carbocycles. The zero-order chi connectivity index (χ0) is 19.7. The molecule has 0 saturated carbocycles. The first-order valence-electron chi connectivity index (χ1n) is 8.88. The van der Waals surface area contributed by atoms with E-state index in [0.29, 0.717) is 16.9 Å². The van der Waals surface area contributed by atoms with E-state index in [4.69, 9.17) is 4.74 Å². The normalized spacial score (nSPS) is 15.7. The maximum atomic E-state index is 13.2. The Hall–Kier alpha value is -2.88. The average molecular weight is 392 g/mol. The second kappa shape index (κ2) is 7.27. The van der Waals surface area contributed by atoms with Gasteiger partial charge in [-0.3, -0.25) is 0 Å². The Morgan fingerprint density at radius 2 is 1.96 bits per heavy atom. The second-order valence-electron chi connectivity index (χ2n) is 6.60. The summed E-state index contributed by atoms with van der Waals surface area (Å²) < 4.78 is 46.3. The van der Waals surface area contributed by atoms with Gasteiger partial charge in [0, 0.05) is 11.8 Å². The Morgan fingerprint density at radius 1 is 1.18 bits per heavy atom. The van der Waals surface area contributed by atoms with Crippen LogP contribution in [0.3, 0.4) is 0 Å². The molecule has 7 nitrogen and oxygen atoms in total. The summed E-state index contributed by atoms with van der Waals surface area (Å²) in [5, 5.41) is 11.4. The minimum atomic E-state index is -4.48. The van der Waals surface area contributed by atoms with E-state index >= 15 is 0 Å². The van der Waals surface area contributed by atoms with Crippen LogP contribution >= 0.6 is 0 Å². The lowest BCUT2D eigenvalue weighted by Crippen LogP contribution is -2.29. The highest BCUT2D eigenvalue weighted by Gasteiger charge is 2.31. The standard InChI is InChI=1S/C18H19F3N6O/c1-28-14-7-11(18(19,20)21)6-12(8-14)26-16-15-9-25-27(17(15)24-10-23-16)13-2-4-22-5-3-13/h6-10,13,22H,2-5H2,1H3,(H,23,24,26). The van der Waals surface area contributed by atoms with Crippen LogP contribution in [-0.2, 0) is 6.18 Å². The molecule has 2 aromatic heterocycles. The largest absolute Gasteiger partial charge is 0.497 e. The van der Waals surface area contributed by atoms with Gasteiger partial charge in [0.15, 0.2) is 5.65 Å². The highest BCUT2D eigenvalue weighted by Crippen LogP contribution is 2.35. The second-order valence-corrected chi connectivity index (χ2v) is 6.60. The molecular weight excluding hydrogens is 373 g/mol. The summed E-state index contributed by atoms with van der Waals surface area (Å²) in [5.41, 5.74) is 0.0784. The number of ether oxygens (including phenoxy) is 1. The number of hydrogen-bond donors (Lipinski definition) is 2. The summed E-state index contributed by atoms with van der Waals surface area (Å²) in [4.78, 5) is 8.53. The molecule has 0 spiro atoms. The fourth-order valence-corrected chi connectivity index (χ4v) is 3.37. The minimum Gasteiger partial charge on any atom is -0.497 e. The first-order chi connectivity index (χ1) is 13.5. The van der Waals surface area contributed by atoms with Crippen molar-refractivity contribution in [1.82, 2.24) is 25.1 Å². The predicted octanol–water partition coefficient (Wildman–Crippen LogP) is 3.52. The predicted molar refractivity (Wildman–Crippen MR) is 97.7 cm³/mol. The Bertz CT molecular complexity index is 981. The van der Waals surface area contributed by atoms with Crippen molar-refractivity contribution in [2.24, 2.45) is 0 Å². The number of aromatic nitrogens is 4. The van der Waals surface area contributed by atoms with E-state index in [9.17, 15) is 13.2 Å². The van der Waals surface area contributed by atoms with Crippen LogP contribution in [0.5, 0.6) is 5.75 Å². The number of hydrogen-bond acceptors (Lipinski definition) is 6. The van der Waals surface area contributed by atoms with E-state index in [-0.39, 0.29) is 17.5 Å². The third-order valence-electron chi connectivity index (χ3n) is 4.78. The van der Waals surface area contributed by atoms with Crippen LogP contribution in [-0.4, -0.2) is 39.9 Å². The summed E-state index contributed by atoms with van der Waals surface area (Å²) in [6, 6.07) is 3.69. The molecule has 28 heavy (non-hydrogen) atoms. The van der Waals surface area contributed by atoms with Crippen LogP contribution in [0.15, 0.2) is 30.7 Å². The number of halogens is 3. The summed E-state index contributed by atoms with van der Waals surface area (Å²) in [6.45, 7) is 1.82. The minimum absolute atomic E-state index is 0.105. The van der Waals surface area contributed by atoms with E-state index in [1.807, 2.05) is 4.68 Å². The van der Waals surface area contributed by atoms with Crippen LogP contribution in [0, 0.1) is 0 Å². The van der Waals surface area contributed by atoms with E-state index in [1.165, 1.54) is 19.5 Å². The number of fused-ring (bicyclic) bond motifs is 1. The lowest BCUT2D eigenvalue weighted by Gasteiger charge is -2.23. The highest BCUT2D eigenvalue weighted by molar-refractivity contribution is 5.88. The maximum absolute atomic E-state index is 13.2. The number of piperidine rings is 1. The maximum Gasteiger partial charge on any atom is 0.416 e. The summed E-state index contributed by atoms with van der Waals surface area (Å²) in [6.07, 6.45) is 0.425. The molecule has 0 atom stereocenters. The van der Waals surface area contributed by atoms with Gasteiger partial charge in [0.05, 0.1) is 30.3 Å². The van der Waals surface area contributed by atoms with Gasteiger partial charge in [-0.05, 0) is 38.1 Å². The summed E-state index contributed by atoms with van der Waals surface area (Å²) in [7, 11) is 1.32. The Morgan fingerprint density at radius 3 is 2.68 bits per heavy atom. The summed E-state index contributed by atoms with van der Waals surface area (Å²) >= 11 is 0. The lowest BCUT2D eigenvalue weighted by atomic mass is 10.1. The number of rotatable bonds is 4. The van der Waals surface area contributed by atoms with E-state index in [0.717, 1.165) is 38.1 Å². The molecule has 0 radical (unpaired) electrons. The van der Waals surface area contributed by atoms with Crippen molar-refractivity contribution in [1.29, 1.82) is 0 Å². The van der Waals surface area contributed by atoms with Crippen molar-refractivity contribution in [3.05, 3.63) is 36.3 Å². The van der Waals surface area contributed by atoms with Gasteiger partial charge in [0.25, 0.3) is 0 Å². The van der Waals surface area contributed by atoms with E-state index in [1.54, 1.807) is 6.20 Å². The smallest absolute Gasteiger partial charge is 0.416 e. The van der Waals surface area contributed by atoms with Crippen LogP contribution in [0.2, 0.25) is 0 Å². The van der Waals surface area contributed by atoms with Gasteiger partial charge in [0.2, 0.25) is 0 Å². The number of nitrogens with one attached hydrogen (secondary N) is 2. The van der Waals surface area contributed by atoms with Gasteiger partial charge in [0.1, 0.15) is 17.9 Å². The van der Waals surface area contributed by atoms with Crippen molar-refractivity contribution in [3.8, 4) is 5.75 Å². The molecule has 1 saturated heterocycles. The monoisotopic (exact) mass is 392 g/mol. The van der Waals surface area contributed by atoms with Crippen LogP contribution in [0.25, 0.3) is 11.0 Å². The van der Waals surface area contributed by atoms with Crippen molar-refractivity contribution >= 4 is 22.5 Å². The van der Waals surface area contributed by atoms with Gasteiger partial charge in [-0.2, -0.15) is 18.3 Å². The van der Waals surface area contributed by atoms with Gasteiger partial charge < -0.3 is 15.4 Å². The zero-order valence-corrected chi connectivity index (χ0v) is 15.1. The molecule has 4 rings (SSSR count). The van der Waals surface area contributed by atoms with Crippen LogP contribution in [0.4, 0.5) is 24.7 Å². The third kappa shape index (κ3) is 3.59. The topological polar surface area (TPSA) is 76.9 Å². The fourth-order valence-electron chi connectivity index (χ4n) is 3.37. The molecule has 1 aliphatic heterocycles. The molecule has 0 unspecified atom stereocenters. The fraction of sp³-hybridized carbons (Fsp3) is 0.389. The molecule has 0 aliphatic carbocycles. The first-order valence-corrected chi connectivity index (χ1v) is 8.88. The Balaban J connectivity index is 1.70. The van der Waals surface area contributed by atoms with Crippen molar-refractivity contribution in [3.63, 3.8) is 0 Å². The molecule has 0 amide bonds. The van der Waals surface area contributed by atoms with Crippen molar-refractivity contribution < 1.29 is 17.9 Å². The SMILES string of the molecule is COc1cc(Nc2ncnc3c2cnn3C2CCNCC2)cc(C(F)(F)F)c1. The molecule has 10 heteroatoms. The number of anilines is 2. The number of alkyl halides is 3. The molecule has 1 fully saturated rings. The molecule has 2 N–H and O–H groups in total. The summed E-state index contributed by atoms with van der Waals surface area (Å²) in [5.74, 6) is 0.500. The number of benzene rings is 1.